The van der Waals surface area contributed by atoms with Crippen LogP contribution in [0.15, 0.2) is 36.4 Å². The highest BCUT2D eigenvalue weighted by molar-refractivity contribution is 7.91. The number of benzene rings is 2. The standard InChI is InChI=1S/C27H33Cl3O9S/c1-6-40(34,35)14-22(38-17(2)31)13-36-21-9-7-19(8-10-21)26(4,5)20-11-23(29)25(24(30)12-20)37-16-27(33,15-28)39-18(3)32/h7-12,22,33H,6,13-16H2,1-5H3/t22-,27-/m0/s1. The van der Waals surface area contributed by atoms with Gasteiger partial charge in [-0.2, -0.15) is 0 Å². The first-order valence-corrected chi connectivity index (χ1v) is 15.3. The smallest absolute Gasteiger partial charge is 0.305 e. The zero-order valence-corrected chi connectivity index (χ0v) is 25.9. The van der Waals surface area contributed by atoms with Crippen LogP contribution in [-0.2, 0) is 34.3 Å². The Morgan fingerprint density at radius 1 is 0.975 bits per heavy atom. The molecule has 0 radical (unpaired) electrons. The molecule has 9 nitrogen and oxygen atoms in total. The van der Waals surface area contributed by atoms with Crippen LogP contribution < -0.4 is 9.47 Å². The molecule has 0 aliphatic rings. The van der Waals surface area contributed by atoms with Crippen LogP contribution in [0.25, 0.3) is 0 Å². The summed E-state index contributed by atoms with van der Waals surface area (Å²) in [6.07, 6.45) is -0.932. The van der Waals surface area contributed by atoms with Gasteiger partial charge in [-0.15, -0.1) is 11.6 Å². The molecule has 0 spiro atoms. The molecule has 0 amide bonds. The van der Waals surface area contributed by atoms with Gasteiger partial charge in [0.1, 0.15) is 18.5 Å². The summed E-state index contributed by atoms with van der Waals surface area (Å²) in [5, 5.41) is 10.7. The number of carbonyl (C=O) groups excluding carboxylic acids is 2. The number of hydrogen-bond donors (Lipinski definition) is 1. The van der Waals surface area contributed by atoms with E-state index < -0.39 is 51.6 Å². The molecule has 0 aliphatic carbocycles. The zero-order valence-electron chi connectivity index (χ0n) is 22.8. The number of ether oxygens (including phenoxy) is 4. The summed E-state index contributed by atoms with van der Waals surface area (Å²) in [5.41, 5.74) is 1.07. The summed E-state index contributed by atoms with van der Waals surface area (Å²) in [6, 6.07) is 10.5. The molecule has 0 aromatic heterocycles. The van der Waals surface area contributed by atoms with Crippen LogP contribution in [0, 0.1) is 0 Å². The Morgan fingerprint density at radius 3 is 2.02 bits per heavy atom. The second-order valence-corrected chi connectivity index (χ2v) is 13.1. The molecular formula is C27H33Cl3O9S. The van der Waals surface area contributed by atoms with Crippen LogP contribution in [0.3, 0.4) is 0 Å². The second-order valence-electron chi connectivity index (χ2n) is 9.62. The van der Waals surface area contributed by atoms with Gasteiger partial charge in [-0.05, 0) is 35.4 Å². The fourth-order valence-electron chi connectivity index (χ4n) is 3.68. The monoisotopic (exact) mass is 638 g/mol. The fraction of sp³-hybridized carbons (Fsp3) is 0.481. The zero-order chi connectivity index (χ0) is 30.3. The summed E-state index contributed by atoms with van der Waals surface area (Å²) in [6.45, 7) is 7.19. The molecule has 0 saturated carbocycles. The van der Waals surface area contributed by atoms with Crippen molar-refractivity contribution in [3.8, 4) is 11.5 Å². The molecule has 2 aromatic rings. The van der Waals surface area contributed by atoms with E-state index in [1.54, 1.807) is 24.3 Å². The van der Waals surface area contributed by atoms with Crippen molar-refractivity contribution in [3.05, 3.63) is 57.6 Å². The van der Waals surface area contributed by atoms with E-state index in [0.29, 0.717) is 5.75 Å². The molecule has 222 valence electrons. The fourth-order valence-corrected chi connectivity index (χ4v) is 5.38. The lowest BCUT2D eigenvalue weighted by Crippen LogP contribution is -2.42. The first kappa shape index (κ1) is 34.0. The van der Waals surface area contributed by atoms with E-state index in [1.165, 1.54) is 13.8 Å². The van der Waals surface area contributed by atoms with Crippen molar-refractivity contribution in [2.24, 2.45) is 0 Å². The summed E-state index contributed by atoms with van der Waals surface area (Å²) in [7, 11) is -3.38. The number of sulfone groups is 1. The largest absolute Gasteiger partial charge is 0.490 e. The lowest BCUT2D eigenvalue weighted by atomic mass is 9.78. The summed E-state index contributed by atoms with van der Waals surface area (Å²) in [4.78, 5) is 22.6. The third-order valence-electron chi connectivity index (χ3n) is 5.93. The van der Waals surface area contributed by atoms with Crippen molar-refractivity contribution < 1.29 is 42.1 Å². The Balaban J connectivity index is 2.18. The first-order valence-electron chi connectivity index (χ1n) is 12.2. The van der Waals surface area contributed by atoms with Crippen LogP contribution in [0.1, 0.15) is 45.7 Å². The maximum Gasteiger partial charge on any atom is 0.305 e. The Bertz CT molecular complexity index is 1270. The van der Waals surface area contributed by atoms with Gasteiger partial charge in [0.05, 0.1) is 21.7 Å². The summed E-state index contributed by atoms with van der Waals surface area (Å²) in [5.74, 6) is -3.64. The van der Waals surface area contributed by atoms with Crippen LogP contribution in [0.5, 0.6) is 11.5 Å². The second kappa shape index (κ2) is 14.1. The number of alkyl halides is 1. The van der Waals surface area contributed by atoms with Crippen LogP contribution in [-0.4, -0.2) is 68.0 Å². The van der Waals surface area contributed by atoms with E-state index in [1.807, 2.05) is 26.0 Å². The molecule has 0 unspecified atom stereocenters. The van der Waals surface area contributed by atoms with Crippen molar-refractivity contribution in [1.82, 2.24) is 0 Å². The minimum Gasteiger partial charge on any atom is -0.490 e. The molecule has 0 saturated heterocycles. The average Bonchev–Trinajstić information content (AvgIpc) is 2.86. The van der Waals surface area contributed by atoms with E-state index in [4.69, 9.17) is 53.8 Å². The molecule has 0 fully saturated rings. The minimum absolute atomic E-state index is 0.0698. The number of hydrogen-bond acceptors (Lipinski definition) is 9. The maximum atomic E-state index is 12.0. The van der Waals surface area contributed by atoms with Crippen LogP contribution >= 0.6 is 34.8 Å². The van der Waals surface area contributed by atoms with E-state index in [2.05, 4.69) is 0 Å². The number of carbonyl (C=O) groups is 2. The summed E-state index contributed by atoms with van der Waals surface area (Å²) < 4.78 is 45.2. The number of aliphatic hydroxyl groups is 1. The Labute approximate surface area is 249 Å². The first-order chi connectivity index (χ1) is 18.5. The van der Waals surface area contributed by atoms with Gasteiger partial charge >= 0.3 is 11.9 Å². The SMILES string of the molecule is CCS(=O)(=O)C[C@H](COc1ccc(C(C)(C)c2cc(Cl)c(OC[C@](O)(CCl)OC(C)=O)c(Cl)c2)cc1)OC(C)=O. The number of halogens is 3. The van der Waals surface area contributed by atoms with Gasteiger partial charge in [-0.25, -0.2) is 8.42 Å². The minimum atomic E-state index is -3.38. The highest BCUT2D eigenvalue weighted by Crippen LogP contribution is 2.41. The van der Waals surface area contributed by atoms with E-state index in [-0.39, 0.29) is 33.9 Å². The molecular weight excluding hydrogens is 607 g/mol. The lowest BCUT2D eigenvalue weighted by molar-refractivity contribution is -0.207. The predicted octanol–water partition coefficient (Wildman–Crippen LogP) is 4.93. The van der Waals surface area contributed by atoms with E-state index in [9.17, 15) is 23.1 Å². The molecule has 0 heterocycles. The molecule has 13 heteroatoms. The Kier molecular flexibility index (Phi) is 12.0. The number of rotatable bonds is 14. The van der Waals surface area contributed by atoms with Crippen LogP contribution in [0.4, 0.5) is 0 Å². The number of esters is 2. The Morgan fingerprint density at radius 2 is 1.55 bits per heavy atom. The van der Waals surface area contributed by atoms with Crippen molar-refractivity contribution in [2.75, 3.05) is 30.6 Å². The Hall–Kier alpha value is -2.24. The van der Waals surface area contributed by atoms with Crippen LogP contribution in [0.2, 0.25) is 10.0 Å². The third-order valence-corrected chi connectivity index (χ3v) is 8.67. The molecule has 0 aliphatic heterocycles. The van der Waals surface area contributed by atoms with Gasteiger partial charge in [0.25, 0.3) is 5.79 Å². The molecule has 2 rings (SSSR count). The predicted molar refractivity (Wildman–Crippen MR) is 153 cm³/mol. The van der Waals surface area contributed by atoms with Gasteiger partial charge in [-0.1, -0.05) is 56.1 Å². The van der Waals surface area contributed by atoms with Gasteiger partial charge in [0.2, 0.25) is 0 Å². The summed E-state index contributed by atoms with van der Waals surface area (Å²) >= 11 is 18.7. The van der Waals surface area contributed by atoms with Gasteiger partial charge in [-0.3, -0.25) is 9.59 Å². The van der Waals surface area contributed by atoms with Gasteiger partial charge in [0, 0.05) is 25.0 Å². The normalized spacial score (nSPS) is 14.1. The molecule has 0 bridgehead atoms. The lowest BCUT2D eigenvalue weighted by Gasteiger charge is -2.28. The van der Waals surface area contributed by atoms with Crippen molar-refractivity contribution in [3.63, 3.8) is 0 Å². The highest BCUT2D eigenvalue weighted by atomic mass is 35.5. The van der Waals surface area contributed by atoms with Crippen molar-refractivity contribution >= 4 is 56.6 Å². The highest BCUT2D eigenvalue weighted by Gasteiger charge is 2.32. The third kappa shape index (κ3) is 9.69. The maximum absolute atomic E-state index is 12.0. The molecule has 1 N–H and O–H groups in total. The van der Waals surface area contributed by atoms with E-state index >= 15 is 0 Å². The van der Waals surface area contributed by atoms with Crippen molar-refractivity contribution in [1.29, 1.82) is 0 Å². The average molecular weight is 640 g/mol. The molecule has 2 atom stereocenters. The van der Waals surface area contributed by atoms with Gasteiger partial charge in [0.15, 0.2) is 22.2 Å². The topological polar surface area (TPSA) is 125 Å². The molecule has 40 heavy (non-hydrogen) atoms. The van der Waals surface area contributed by atoms with Crippen molar-refractivity contribution in [2.45, 2.75) is 51.9 Å². The quantitative estimate of drug-likeness (QED) is 0.174. The van der Waals surface area contributed by atoms with Gasteiger partial charge < -0.3 is 24.1 Å². The van der Waals surface area contributed by atoms with E-state index in [0.717, 1.165) is 18.1 Å². The molecule has 2 aromatic carbocycles.